The van der Waals surface area contributed by atoms with Crippen LogP contribution in [0.15, 0.2) is 48.5 Å². The van der Waals surface area contributed by atoms with Crippen LogP contribution in [0.1, 0.15) is 58.6 Å². The normalized spacial score (nSPS) is 20.2. The van der Waals surface area contributed by atoms with Crippen molar-refractivity contribution >= 4 is 27.6 Å². The van der Waals surface area contributed by atoms with Crippen molar-refractivity contribution < 1.29 is 54.3 Å². The molecule has 2 aliphatic rings. The number of rotatable bonds is 9. The minimum absolute atomic E-state index is 0.0260. The van der Waals surface area contributed by atoms with Gasteiger partial charge in [-0.2, -0.15) is 26.3 Å². The zero-order valence-corrected chi connectivity index (χ0v) is 25.0. The predicted octanol–water partition coefficient (Wildman–Crippen LogP) is 4.22. The average molecular weight is 666 g/mol. The number of nitrogens with zero attached hydrogens (tertiary/aromatic N) is 2. The van der Waals surface area contributed by atoms with E-state index in [1.54, 1.807) is 6.07 Å². The summed E-state index contributed by atoms with van der Waals surface area (Å²) in [5.41, 5.74) is 6.74. The van der Waals surface area contributed by atoms with Crippen molar-refractivity contribution in [2.45, 2.75) is 62.6 Å². The van der Waals surface area contributed by atoms with E-state index in [9.17, 15) is 44.3 Å². The highest BCUT2D eigenvalue weighted by atomic mass is 32.2. The standard InChI is InChI=1S/C27H32F3N3O4S.C2HF3O2/c1-38(36,37)17-25(34)32(16-18-5-7-22(8-6-18)27(28,29)30)11-12-33-23-9-10-24(33)15-21(14-23)19-3-2-4-20(13-19)26(31)35;3-2(4,5)1(6)7/h2-8,13,21,23-24H,9-12,14-17H2,1H3,(H2,31,35);(H,6,7). The van der Waals surface area contributed by atoms with Crippen molar-refractivity contribution in [2.24, 2.45) is 5.73 Å². The first kappa shape index (κ1) is 35.8. The van der Waals surface area contributed by atoms with Gasteiger partial charge in [0.2, 0.25) is 11.8 Å². The van der Waals surface area contributed by atoms with Gasteiger partial charge in [-0.05, 0) is 67.0 Å². The van der Waals surface area contributed by atoms with Gasteiger partial charge in [-0.25, -0.2) is 13.2 Å². The number of halogens is 6. The third-order valence-corrected chi connectivity index (χ3v) is 8.56. The largest absolute Gasteiger partial charge is 0.490 e. The third-order valence-electron chi connectivity index (χ3n) is 7.79. The first-order valence-electron chi connectivity index (χ1n) is 13.8. The van der Waals surface area contributed by atoms with Crippen molar-refractivity contribution in [2.75, 3.05) is 25.1 Å². The van der Waals surface area contributed by atoms with Gasteiger partial charge >= 0.3 is 18.3 Å². The van der Waals surface area contributed by atoms with Crippen molar-refractivity contribution in [3.8, 4) is 0 Å². The van der Waals surface area contributed by atoms with Crippen LogP contribution in [-0.4, -0.2) is 84.5 Å². The topological polar surface area (TPSA) is 138 Å². The average Bonchev–Trinajstić information content (AvgIpc) is 3.15. The summed E-state index contributed by atoms with van der Waals surface area (Å²) in [6.45, 7) is 0.835. The number of sulfone groups is 1. The summed E-state index contributed by atoms with van der Waals surface area (Å²) in [4.78, 5) is 37.2. The fraction of sp³-hybridized carbons (Fsp3) is 0.483. The van der Waals surface area contributed by atoms with Gasteiger partial charge in [0.1, 0.15) is 5.75 Å². The second-order valence-corrected chi connectivity index (χ2v) is 13.3. The Labute approximate surface area is 255 Å². The Kier molecular flexibility index (Phi) is 11.3. The van der Waals surface area contributed by atoms with E-state index in [0.717, 1.165) is 49.6 Å². The molecule has 2 heterocycles. The Morgan fingerprint density at radius 1 is 0.978 bits per heavy atom. The highest BCUT2D eigenvalue weighted by Crippen LogP contribution is 2.43. The molecule has 2 amide bonds. The lowest BCUT2D eigenvalue weighted by molar-refractivity contribution is -0.192. The molecule has 0 radical (unpaired) electrons. The SMILES string of the molecule is CS(=O)(=O)CC(=O)N(CCN1C2CCC1CC(c1cccc(C(N)=O)c1)C2)Cc1ccc(C(F)(F)F)cc1.O=C(O)C(F)(F)F. The quantitative estimate of drug-likeness (QED) is 0.383. The molecule has 2 fully saturated rings. The molecule has 2 saturated heterocycles. The van der Waals surface area contributed by atoms with Gasteiger partial charge in [-0.15, -0.1) is 0 Å². The van der Waals surface area contributed by atoms with Crippen LogP contribution in [0.4, 0.5) is 26.3 Å². The summed E-state index contributed by atoms with van der Waals surface area (Å²) < 4.78 is 94.1. The maximum atomic E-state index is 12.9. The number of amides is 2. The van der Waals surface area contributed by atoms with Crippen LogP contribution < -0.4 is 5.73 Å². The molecule has 4 rings (SSSR count). The number of fused-ring (bicyclic) bond motifs is 2. The molecule has 0 saturated carbocycles. The van der Waals surface area contributed by atoms with Crippen molar-refractivity contribution in [1.82, 2.24) is 9.80 Å². The van der Waals surface area contributed by atoms with Crippen molar-refractivity contribution in [3.63, 3.8) is 0 Å². The molecule has 2 aliphatic heterocycles. The number of carboxylic acids is 1. The zero-order valence-electron chi connectivity index (χ0n) is 24.1. The maximum Gasteiger partial charge on any atom is 0.490 e. The van der Waals surface area contributed by atoms with Crippen molar-refractivity contribution in [1.29, 1.82) is 0 Å². The Hall–Kier alpha value is -3.66. The van der Waals surface area contributed by atoms with Gasteiger partial charge in [-0.3, -0.25) is 14.5 Å². The van der Waals surface area contributed by atoms with Crippen LogP contribution in [-0.2, 0) is 32.1 Å². The van der Waals surface area contributed by atoms with E-state index in [1.165, 1.54) is 17.0 Å². The zero-order chi connectivity index (χ0) is 33.7. The number of carboxylic acid groups (broad SMARTS) is 1. The number of primary amides is 1. The first-order valence-corrected chi connectivity index (χ1v) is 15.9. The summed E-state index contributed by atoms with van der Waals surface area (Å²) in [5.74, 6) is -4.15. The first-order chi connectivity index (χ1) is 20.7. The van der Waals surface area contributed by atoms with Crippen LogP contribution in [0.2, 0.25) is 0 Å². The molecule has 248 valence electrons. The van der Waals surface area contributed by atoms with Gasteiger partial charge in [0.05, 0.1) is 5.56 Å². The third kappa shape index (κ3) is 10.4. The van der Waals surface area contributed by atoms with Gasteiger partial charge in [0.15, 0.2) is 9.84 Å². The molecule has 45 heavy (non-hydrogen) atoms. The Bertz CT molecular complexity index is 1470. The number of aliphatic carboxylic acids is 1. The van der Waals surface area contributed by atoms with Crippen molar-refractivity contribution in [3.05, 3.63) is 70.8 Å². The van der Waals surface area contributed by atoms with Crippen LogP contribution in [0.3, 0.4) is 0 Å². The van der Waals surface area contributed by atoms with Gasteiger partial charge in [0.25, 0.3) is 0 Å². The molecule has 2 atom stereocenters. The minimum atomic E-state index is -5.08. The summed E-state index contributed by atoms with van der Waals surface area (Å²) in [5, 5.41) is 7.12. The summed E-state index contributed by atoms with van der Waals surface area (Å²) >= 11 is 0. The molecule has 0 spiro atoms. The Morgan fingerprint density at radius 3 is 2.00 bits per heavy atom. The van der Waals surface area contributed by atoms with Gasteiger partial charge < -0.3 is 15.7 Å². The summed E-state index contributed by atoms with van der Waals surface area (Å²) in [7, 11) is -3.57. The van der Waals surface area contributed by atoms with E-state index < -0.39 is 51.3 Å². The van der Waals surface area contributed by atoms with E-state index in [-0.39, 0.29) is 31.1 Å². The van der Waals surface area contributed by atoms with E-state index in [1.807, 2.05) is 18.2 Å². The Morgan fingerprint density at radius 2 is 1.53 bits per heavy atom. The molecular formula is C29H33F6N3O6S. The molecule has 3 N–H and O–H groups in total. The number of carbonyl (C=O) groups excluding carboxylic acids is 2. The number of alkyl halides is 6. The number of carbonyl (C=O) groups is 3. The monoisotopic (exact) mass is 665 g/mol. The number of benzene rings is 2. The van der Waals surface area contributed by atoms with Gasteiger partial charge in [-0.1, -0.05) is 24.3 Å². The van der Waals surface area contributed by atoms with Gasteiger partial charge in [0, 0.05) is 43.5 Å². The lowest BCUT2D eigenvalue weighted by Crippen LogP contribution is -2.47. The minimum Gasteiger partial charge on any atom is -0.475 e. The van der Waals surface area contributed by atoms with E-state index in [0.29, 0.717) is 17.7 Å². The second kappa shape index (κ2) is 14.2. The lowest BCUT2D eigenvalue weighted by Gasteiger charge is -2.40. The van der Waals surface area contributed by atoms with Crippen LogP contribution >= 0.6 is 0 Å². The molecule has 2 unspecified atom stereocenters. The number of nitrogens with two attached hydrogens (primary N) is 1. The van der Waals surface area contributed by atoms with Crippen LogP contribution in [0.5, 0.6) is 0 Å². The summed E-state index contributed by atoms with van der Waals surface area (Å²) in [6.07, 6.45) is -4.75. The molecular weight excluding hydrogens is 632 g/mol. The molecule has 2 aromatic rings. The Balaban J connectivity index is 0.000000707. The molecule has 9 nitrogen and oxygen atoms in total. The molecule has 2 bridgehead atoms. The molecule has 0 aliphatic carbocycles. The molecule has 2 aromatic carbocycles. The number of hydrogen-bond donors (Lipinski definition) is 2. The molecule has 16 heteroatoms. The number of piperidine rings is 1. The van der Waals surface area contributed by atoms with E-state index >= 15 is 0 Å². The maximum absolute atomic E-state index is 12.9. The van der Waals surface area contributed by atoms with Crippen LogP contribution in [0, 0.1) is 0 Å². The highest BCUT2D eigenvalue weighted by molar-refractivity contribution is 7.91. The second-order valence-electron chi connectivity index (χ2n) is 11.2. The highest BCUT2D eigenvalue weighted by Gasteiger charge is 2.41. The fourth-order valence-electron chi connectivity index (χ4n) is 5.72. The molecule has 0 aromatic heterocycles. The van der Waals surface area contributed by atoms with E-state index in [4.69, 9.17) is 15.6 Å². The number of hydrogen-bond acceptors (Lipinski definition) is 6. The summed E-state index contributed by atoms with van der Waals surface area (Å²) in [6, 6.07) is 12.6. The smallest absolute Gasteiger partial charge is 0.475 e. The fourth-order valence-corrected chi connectivity index (χ4v) is 6.35. The van der Waals surface area contributed by atoms with Crippen LogP contribution in [0.25, 0.3) is 0 Å². The lowest BCUT2D eigenvalue weighted by atomic mass is 9.84. The predicted molar refractivity (Wildman–Crippen MR) is 151 cm³/mol. The van der Waals surface area contributed by atoms with E-state index in [2.05, 4.69) is 4.90 Å².